The molecular formula is C24H26N2O2. The first kappa shape index (κ1) is 17.5. The summed E-state index contributed by atoms with van der Waals surface area (Å²) >= 11 is 0. The van der Waals surface area contributed by atoms with Crippen LogP contribution in [0.15, 0.2) is 65.8 Å². The first-order chi connectivity index (χ1) is 13.7. The minimum atomic E-state index is -0.862. The summed E-state index contributed by atoms with van der Waals surface area (Å²) in [6.07, 6.45) is 3.60. The maximum atomic E-state index is 13.4. The van der Waals surface area contributed by atoms with Crippen LogP contribution in [0.2, 0.25) is 0 Å². The van der Waals surface area contributed by atoms with Gasteiger partial charge in [-0.05, 0) is 42.2 Å². The zero-order valence-electron chi connectivity index (χ0n) is 16.4. The number of hydrogen-bond acceptors (Lipinski definition) is 4. The molecule has 4 nitrogen and oxygen atoms in total. The maximum absolute atomic E-state index is 13.4. The molecule has 0 unspecified atom stereocenters. The Kier molecular flexibility index (Phi) is 4.04. The predicted octanol–water partition coefficient (Wildman–Crippen LogP) is 4.07. The van der Waals surface area contributed by atoms with E-state index in [0.29, 0.717) is 11.8 Å². The van der Waals surface area contributed by atoms with Gasteiger partial charge in [-0.2, -0.15) is 5.10 Å². The minimum absolute atomic E-state index is 0.179. The lowest BCUT2D eigenvalue weighted by atomic mass is 9.62. The third kappa shape index (κ3) is 2.24. The van der Waals surface area contributed by atoms with Gasteiger partial charge in [-0.25, -0.2) is 4.79 Å². The van der Waals surface area contributed by atoms with E-state index in [9.17, 15) is 4.79 Å². The number of fused-ring (bicyclic) bond motifs is 5. The quantitative estimate of drug-likeness (QED) is 0.761. The molecule has 2 aromatic rings. The molecule has 1 aliphatic heterocycles. The average Bonchev–Trinajstić information content (AvgIpc) is 3.37. The lowest BCUT2D eigenvalue weighted by Crippen LogP contribution is -2.61. The standard InChI is InChI=1S/C24H26N2O2/c1-26-24(23(27)28-2,19-11-7-4-8-12-19)21-18-14-13-17(15-18)20(21)22(25-26)16-9-5-3-6-10-16/h3-12,17-18,20-21H,13-15H2,1-2H3/t17-,18+,20+,21-,24-/m0/s1. The second kappa shape index (κ2) is 6.47. The molecule has 28 heavy (non-hydrogen) atoms. The van der Waals surface area contributed by atoms with Gasteiger partial charge in [-0.3, -0.25) is 5.01 Å². The van der Waals surface area contributed by atoms with Crippen LogP contribution in [0.3, 0.4) is 0 Å². The van der Waals surface area contributed by atoms with Gasteiger partial charge >= 0.3 is 5.97 Å². The normalized spacial score (nSPS) is 33.4. The van der Waals surface area contributed by atoms with Crippen LogP contribution in [0, 0.1) is 23.7 Å². The van der Waals surface area contributed by atoms with E-state index in [-0.39, 0.29) is 17.8 Å². The summed E-state index contributed by atoms with van der Waals surface area (Å²) in [5.74, 6) is 1.39. The molecule has 2 fully saturated rings. The van der Waals surface area contributed by atoms with Crippen molar-refractivity contribution in [1.82, 2.24) is 5.01 Å². The Morgan fingerprint density at radius 3 is 2.36 bits per heavy atom. The van der Waals surface area contributed by atoms with E-state index in [0.717, 1.165) is 11.3 Å². The van der Waals surface area contributed by atoms with Crippen molar-refractivity contribution in [3.63, 3.8) is 0 Å². The second-order valence-corrected chi connectivity index (χ2v) is 8.38. The first-order valence-electron chi connectivity index (χ1n) is 10.2. The summed E-state index contributed by atoms with van der Waals surface area (Å²) in [6.45, 7) is 0. The molecule has 0 radical (unpaired) electrons. The van der Waals surface area contributed by atoms with Crippen LogP contribution in [0.25, 0.3) is 0 Å². The van der Waals surface area contributed by atoms with Crippen LogP contribution in [0.4, 0.5) is 0 Å². The van der Waals surface area contributed by atoms with E-state index in [2.05, 4.69) is 36.4 Å². The van der Waals surface area contributed by atoms with Gasteiger partial charge in [-0.1, -0.05) is 60.7 Å². The summed E-state index contributed by atoms with van der Waals surface area (Å²) in [4.78, 5) is 13.4. The predicted molar refractivity (Wildman–Crippen MR) is 109 cm³/mol. The van der Waals surface area contributed by atoms with Gasteiger partial charge in [0.2, 0.25) is 0 Å². The Morgan fingerprint density at radius 2 is 1.68 bits per heavy atom. The fraction of sp³-hybridized carbons (Fsp3) is 0.417. The number of hydrazone groups is 1. The van der Waals surface area contributed by atoms with Crippen LogP contribution in [0.5, 0.6) is 0 Å². The molecule has 1 heterocycles. The van der Waals surface area contributed by atoms with E-state index in [1.807, 2.05) is 36.3 Å². The largest absolute Gasteiger partial charge is 0.467 e. The zero-order valence-corrected chi connectivity index (χ0v) is 16.4. The molecule has 0 saturated heterocycles. The molecule has 5 rings (SSSR count). The minimum Gasteiger partial charge on any atom is -0.467 e. The molecule has 144 valence electrons. The average molecular weight is 374 g/mol. The summed E-state index contributed by atoms with van der Waals surface area (Å²) in [7, 11) is 3.44. The fourth-order valence-electron chi connectivity index (χ4n) is 6.28. The van der Waals surface area contributed by atoms with Gasteiger partial charge in [0.25, 0.3) is 0 Å². The number of nitrogens with zero attached hydrogens (tertiary/aromatic N) is 2. The highest BCUT2D eigenvalue weighted by molar-refractivity contribution is 6.04. The molecule has 2 aromatic carbocycles. The van der Waals surface area contributed by atoms with Gasteiger partial charge in [-0.15, -0.1) is 0 Å². The van der Waals surface area contributed by atoms with Crippen molar-refractivity contribution in [1.29, 1.82) is 0 Å². The maximum Gasteiger partial charge on any atom is 0.338 e. The van der Waals surface area contributed by atoms with Gasteiger partial charge in [0, 0.05) is 18.9 Å². The number of carbonyl (C=O) groups is 1. The zero-order chi connectivity index (χ0) is 19.3. The molecule has 5 atom stereocenters. The monoisotopic (exact) mass is 374 g/mol. The van der Waals surface area contributed by atoms with Crippen LogP contribution in [0.1, 0.15) is 30.4 Å². The number of rotatable bonds is 3. The molecule has 3 aliphatic rings. The van der Waals surface area contributed by atoms with Gasteiger partial charge in [0.1, 0.15) is 0 Å². The number of hydrogen-bond donors (Lipinski definition) is 0. The van der Waals surface area contributed by atoms with Crippen molar-refractivity contribution in [3.8, 4) is 0 Å². The molecule has 4 heteroatoms. The Balaban J connectivity index is 1.75. The van der Waals surface area contributed by atoms with Crippen LogP contribution in [-0.2, 0) is 15.1 Å². The molecule has 2 aliphatic carbocycles. The Hall–Kier alpha value is -2.62. The Labute approximate surface area is 166 Å². The van der Waals surface area contributed by atoms with Gasteiger partial charge in [0.05, 0.1) is 12.8 Å². The number of ether oxygens (including phenoxy) is 1. The summed E-state index contributed by atoms with van der Waals surface area (Å²) < 4.78 is 5.42. The molecule has 0 spiro atoms. The summed E-state index contributed by atoms with van der Waals surface area (Å²) in [6, 6.07) is 20.6. The Bertz CT molecular complexity index is 911. The number of benzene rings is 2. The summed E-state index contributed by atoms with van der Waals surface area (Å²) in [5, 5.41) is 6.96. The molecule has 2 bridgehead atoms. The molecule has 0 aromatic heterocycles. The van der Waals surface area contributed by atoms with Crippen LogP contribution < -0.4 is 0 Å². The lowest BCUT2D eigenvalue weighted by Gasteiger charge is -2.52. The third-order valence-corrected chi connectivity index (χ3v) is 7.26. The third-order valence-electron chi connectivity index (χ3n) is 7.26. The summed E-state index contributed by atoms with van der Waals surface area (Å²) in [5.41, 5.74) is 2.43. The number of likely N-dealkylation sites (N-methyl/N-ethyl adjacent to an activating group) is 1. The highest BCUT2D eigenvalue weighted by atomic mass is 16.5. The van der Waals surface area contributed by atoms with E-state index in [1.165, 1.54) is 31.9 Å². The number of methoxy groups -OCH3 is 1. The van der Waals surface area contributed by atoms with E-state index in [1.54, 1.807) is 0 Å². The van der Waals surface area contributed by atoms with E-state index >= 15 is 0 Å². The molecule has 0 amide bonds. The smallest absolute Gasteiger partial charge is 0.338 e. The lowest BCUT2D eigenvalue weighted by molar-refractivity contribution is -0.164. The van der Waals surface area contributed by atoms with Crippen molar-refractivity contribution < 1.29 is 9.53 Å². The van der Waals surface area contributed by atoms with Crippen LogP contribution in [-0.4, -0.2) is 30.8 Å². The highest BCUT2D eigenvalue weighted by Gasteiger charge is 2.65. The van der Waals surface area contributed by atoms with Gasteiger partial charge in [0.15, 0.2) is 5.54 Å². The van der Waals surface area contributed by atoms with E-state index in [4.69, 9.17) is 9.84 Å². The number of esters is 1. The van der Waals surface area contributed by atoms with Crippen molar-refractivity contribution in [3.05, 3.63) is 71.8 Å². The molecule has 2 saturated carbocycles. The SMILES string of the molecule is COC(=O)[C@]1(c2ccccc2)[C@H]2[C@@H]3CC[C@@H](C3)[C@H]2C(c2ccccc2)=NN1C. The topological polar surface area (TPSA) is 41.9 Å². The second-order valence-electron chi connectivity index (χ2n) is 8.38. The highest BCUT2D eigenvalue weighted by Crippen LogP contribution is 2.62. The fourth-order valence-corrected chi connectivity index (χ4v) is 6.28. The van der Waals surface area contributed by atoms with Crippen molar-refractivity contribution in [2.75, 3.05) is 14.2 Å². The van der Waals surface area contributed by atoms with E-state index < -0.39 is 5.54 Å². The first-order valence-corrected chi connectivity index (χ1v) is 10.2. The molecule has 0 N–H and O–H groups in total. The van der Waals surface area contributed by atoms with Crippen molar-refractivity contribution >= 4 is 11.7 Å². The Morgan fingerprint density at radius 1 is 1.04 bits per heavy atom. The number of carbonyl (C=O) groups excluding carboxylic acids is 1. The van der Waals surface area contributed by atoms with Crippen molar-refractivity contribution in [2.24, 2.45) is 28.8 Å². The van der Waals surface area contributed by atoms with Crippen LogP contribution >= 0.6 is 0 Å². The molecular weight excluding hydrogens is 348 g/mol. The van der Waals surface area contributed by atoms with Gasteiger partial charge < -0.3 is 4.74 Å². The van der Waals surface area contributed by atoms with Crippen molar-refractivity contribution in [2.45, 2.75) is 24.8 Å².